The average Bonchev–Trinajstić information content (AvgIpc) is 2.35. The van der Waals surface area contributed by atoms with Crippen LogP contribution in [0.15, 0.2) is 12.3 Å². The predicted octanol–water partition coefficient (Wildman–Crippen LogP) is 1.28. The molecule has 1 N–H and O–H groups in total. The fourth-order valence-corrected chi connectivity index (χ4v) is 2.70. The van der Waals surface area contributed by atoms with Gasteiger partial charge in [-0.3, -0.25) is 4.90 Å². The van der Waals surface area contributed by atoms with Crippen molar-refractivity contribution >= 4 is 0 Å². The lowest BCUT2D eigenvalue weighted by atomic mass is 10.1. The summed E-state index contributed by atoms with van der Waals surface area (Å²) in [6, 6.07) is 0.709. The van der Waals surface area contributed by atoms with Crippen molar-refractivity contribution in [1.29, 1.82) is 0 Å². The monoisotopic (exact) mass is 223 g/mol. The zero-order valence-electron chi connectivity index (χ0n) is 10.5. The van der Waals surface area contributed by atoms with E-state index in [1.54, 1.807) is 0 Å². The maximum Gasteiger partial charge on any atom is 0.0397 e. The third kappa shape index (κ3) is 2.77. The van der Waals surface area contributed by atoms with Crippen LogP contribution in [0.25, 0.3) is 0 Å². The smallest absolute Gasteiger partial charge is 0.0397 e. The van der Waals surface area contributed by atoms with Gasteiger partial charge in [-0.05, 0) is 12.8 Å². The minimum atomic E-state index is 0.709. The molecule has 0 radical (unpaired) electrons. The molecule has 0 aromatic heterocycles. The van der Waals surface area contributed by atoms with Gasteiger partial charge in [-0.15, -0.1) is 0 Å². The van der Waals surface area contributed by atoms with Crippen LogP contribution in [0.2, 0.25) is 0 Å². The highest BCUT2D eigenvalue weighted by atomic mass is 15.3. The van der Waals surface area contributed by atoms with E-state index < -0.39 is 0 Å². The average molecular weight is 223 g/mol. The van der Waals surface area contributed by atoms with Gasteiger partial charge in [0, 0.05) is 51.0 Å². The largest absolute Gasteiger partial charge is 0.372 e. The molecule has 92 valence electrons. The van der Waals surface area contributed by atoms with E-state index in [2.05, 4.69) is 28.6 Å². The lowest BCUT2D eigenvalue weighted by Crippen LogP contribution is -2.60. The number of nitrogens with one attached hydrogen (secondary N) is 1. The molecule has 0 aliphatic carbocycles. The molecular formula is C13H25N3. The molecule has 0 bridgehead atoms. The Kier molecular flexibility index (Phi) is 4.24. The van der Waals surface area contributed by atoms with E-state index in [-0.39, 0.29) is 0 Å². The number of allylic oxidation sites excluding steroid dienone is 1. The van der Waals surface area contributed by atoms with Gasteiger partial charge in [0.25, 0.3) is 0 Å². The fraction of sp³-hybridized carbons (Fsp3) is 0.846. The number of hydrogen-bond donors (Lipinski definition) is 1. The van der Waals surface area contributed by atoms with Crippen molar-refractivity contribution in [3.8, 4) is 0 Å². The molecule has 0 amide bonds. The summed E-state index contributed by atoms with van der Waals surface area (Å²) in [5, 5.41) is 3.49. The van der Waals surface area contributed by atoms with E-state index in [1.165, 1.54) is 51.1 Å². The normalized spacial score (nSPS) is 26.6. The Bertz CT molecular complexity index is 239. The third-order valence-electron chi connectivity index (χ3n) is 3.83. The number of unbranched alkanes of at least 4 members (excludes halogenated alkanes) is 1. The minimum Gasteiger partial charge on any atom is -0.372 e. The second-order valence-electron chi connectivity index (χ2n) is 5.01. The Labute approximate surface area is 99.5 Å². The summed E-state index contributed by atoms with van der Waals surface area (Å²) in [5.41, 5.74) is 1.35. The lowest BCUT2D eigenvalue weighted by molar-refractivity contribution is 0.0735. The van der Waals surface area contributed by atoms with E-state index >= 15 is 0 Å². The molecule has 2 saturated heterocycles. The zero-order valence-corrected chi connectivity index (χ0v) is 10.5. The van der Waals surface area contributed by atoms with Gasteiger partial charge in [0.05, 0.1) is 0 Å². The summed E-state index contributed by atoms with van der Waals surface area (Å²) in [4.78, 5) is 5.13. The number of rotatable bonds is 4. The number of fused-ring (bicyclic) bond motifs is 1. The minimum absolute atomic E-state index is 0.709. The Hall–Kier alpha value is -0.540. The van der Waals surface area contributed by atoms with Gasteiger partial charge in [0.1, 0.15) is 0 Å². The summed E-state index contributed by atoms with van der Waals surface area (Å²) in [5.74, 6) is 0. The molecule has 1 unspecified atom stereocenters. The number of hydrogen-bond acceptors (Lipinski definition) is 3. The maximum absolute atomic E-state index is 4.24. The summed E-state index contributed by atoms with van der Waals surface area (Å²) in [6.45, 7) is 13.6. The topological polar surface area (TPSA) is 18.5 Å². The van der Waals surface area contributed by atoms with Gasteiger partial charge < -0.3 is 10.2 Å². The number of nitrogens with zero attached hydrogens (tertiary/aromatic N) is 2. The van der Waals surface area contributed by atoms with Crippen LogP contribution in [0.4, 0.5) is 0 Å². The number of piperazine rings is 2. The molecule has 2 rings (SSSR count). The second kappa shape index (κ2) is 5.69. The first-order valence-corrected chi connectivity index (χ1v) is 6.68. The van der Waals surface area contributed by atoms with E-state index in [1.807, 2.05) is 0 Å². The first-order valence-electron chi connectivity index (χ1n) is 6.68. The highest BCUT2D eigenvalue weighted by molar-refractivity contribution is 4.99. The van der Waals surface area contributed by atoms with Crippen LogP contribution in [0, 0.1) is 0 Å². The molecule has 3 heteroatoms. The van der Waals surface area contributed by atoms with Crippen LogP contribution < -0.4 is 5.32 Å². The molecule has 2 heterocycles. The Morgan fingerprint density at radius 1 is 1.38 bits per heavy atom. The zero-order chi connectivity index (χ0) is 11.4. The van der Waals surface area contributed by atoms with Crippen LogP contribution in [0.5, 0.6) is 0 Å². The Morgan fingerprint density at radius 3 is 3.06 bits per heavy atom. The molecule has 0 spiro atoms. The van der Waals surface area contributed by atoms with Gasteiger partial charge in [-0.2, -0.15) is 0 Å². The van der Waals surface area contributed by atoms with Gasteiger partial charge in [0.2, 0.25) is 0 Å². The molecule has 1 atom stereocenters. The van der Waals surface area contributed by atoms with Crippen molar-refractivity contribution in [3.05, 3.63) is 12.3 Å². The van der Waals surface area contributed by atoms with Crippen molar-refractivity contribution in [2.24, 2.45) is 0 Å². The summed E-state index contributed by atoms with van der Waals surface area (Å²) >= 11 is 0. The van der Waals surface area contributed by atoms with Crippen LogP contribution in [-0.4, -0.2) is 55.1 Å². The molecule has 2 fully saturated rings. The van der Waals surface area contributed by atoms with E-state index in [9.17, 15) is 0 Å². The van der Waals surface area contributed by atoms with Crippen molar-refractivity contribution in [1.82, 2.24) is 15.1 Å². The maximum atomic E-state index is 4.24. The van der Waals surface area contributed by atoms with E-state index in [0.717, 1.165) is 13.1 Å². The fourth-order valence-electron chi connectivity index (χ4n) is 2.70. The highest BCUT2D eigenvalue weighted by Crippen LogP contribution is 2.18. The SMILES string of the molecule is C=C(CCCC)N1CCN2CCNCC2C1. The summed E-state index contributed by atoms with van der Waals surface area (Å²) in [6.07, 6.45) is 3.72. The van der Waals surface area contributed by atoms with Gasteiger partial charge in [0.15, 0.2) is 0 Å². The molecule has 0 aromatic carbocycles. The van der Waals surface area contributed by atoms with Crippen LogP contribution in [-0.2, 0) is 0 Å². The van der Waals surface area contributed by atoms with Crippen LogP contribution >= 0.6 is 0 Å². The quantitative estimate of drug-likeness (QED) is 0.774. The second-order valence-corrected chi connectivity index (χ2v) is 5.01. The van der Waals surface area contributed by atoms with Crippen molar-refractivity contribution in [2.45, 2.75) is 32.2 Å². The van der Waals surface area contributed by atoms with E-state index in [0.29, 0.717) is 6.04 Å². The van der Waals surface area contributed by atoms with Crippen molar-refractivity contribution in [3.63, 3.8) is 0 Å². The van der Waals surface area contributed by atoms with Gasteiger partial charge >= 0.3 is 0 Å². The van der Waals surface area contributed by atoms with Crippen LogP contribution in [0.3, 0.4) is 0 Å². The molecule has 2 aliphatic rings. The van der Waals surface area contributed by atoms with Gasteiger partial charge in [-0.1, -0.05) is 19.9 Å². The molecule has 0 saturated carbocycles. The Balaban J connectivity index is 1.82. The molecule has 0 aromatic rings. The predicted molar refractivity (Wildman–Crippen MR) is 68.5 cm³/mol. The molecule has 3 nitrogen and oxygen atoms in total. The first-order chi connectivity index (χ1) is 7.81. The molecule has 2 aliphatic heterocycles. The third-order valence-corrected chi connectivity index (χ3v) is 3.83. The standard InChI is InChI=1S/C13H25N3/c1-3-4-5-12(2)16-9-8-15-7-6-14-10-13(15)11-16/h13-14H,2-11H2,1H3. The van der Waals surface area contributed by atoms with Crippen molar-refractivity contribution in [2.75, 3.05) is 39.3 Å². The van der Waals surface area contributed by atoms with Crippen LogP contribution in [0.1, 0.15) is 26.2 Å². The summed E-state index contributed by atoms with van der Waals surface area (Å²) in [7, 11) is 0. The summed E-state index contributed by atoms with van der Waals surface area (Å²) < 4.78 is 0. The van der Waals surface area contributed by atoms with E-state index in [4.69, 9.17) is 0 Å². The molecular weight excluding hydrogens is 198 g/mol. The molecule has 16 heavy (non-hydrogen) atoms. The first kappa shape index (κ1) is 11.9. The Morgan fingerprint density at radius 2 is 2.25 bits per heavy atom. The highest BCUT2D eigenvalue weighted by Gasteiger charge is 2.28. The lowest BCUT2D eigenvalue weighted by Gasteiger charge is -2.45. The van der Waals surface area contributed by atoms with Gasteiger partial charge in [-0.25, -0.2) is 0 Å². The van der Waals surface area contributed by atoms with Crippen molar-refractivity contribution < 1.29 is 0 Å².